The summed E-state index contributed by atoms with van der Waals surface area (Å²) in [7, 11) is 0. The summed E-state index contributed by atoms with van der Waals surface area (Å²) in [4.78, 5) is 4.09. The highest BCUT2D eigenvalue weighted by Crippen LogP contribution is 2.15. The molecule has 1 heterocycles. The summed E-state index contributed by atoms with van der Waals surface area (Å²) in [6.45, 7) is 2.44. The maximum atomic E-state index is 8.62. The molecule has 0 radical (unpaired) electrons. The lowest BCUT2D eigenvalue weighted by molar-refractivity contribution is 0.305. The Kier molecular flexibility index (Phi) is 3.18. The van der Waals surface area contributed by atoms with Crippen molar-refractivity contribution in [1.82, 2.24) is 4.98 Å². The highest BCUT2D eigenvalue weighted by atomic mass is 32.1. The lowest BCUT2D eigenvalue weighted by Crippen LogP contribution is -1.94. The molecule has 0 amide bonds. The first kappa shape index (κ1) is 10.7. The summed E-state index contributed by atoms with van der Waals surface area (Å²) in [6, 6.07) is 9.84. The van der Waals surface area contributed by atoms with Crippen LogP contribution in [-0.4, -0.2) is 4.98 Å². The Morgan fingerprint density at radius 3 is 2.75 bits per heavy atom. The Hall–Kier alpha value is -1.86. The molecule has 0 atom stereocenters. The third kappa shape index (κ3) is 2.59. The molecule has 80 valence electrons. The van der Waals surface area contributed by atoms with Crippen LogP contribution in [0.2, 0.25) is 0 Å². The molecule has 0 aliphatic rings. The van der Waals surface area contributed by atoms with E-state index in [1.165, 1.54) is 16.9 Å². The topological polar surface area (TPSA) is 45.9 Å². The summed E-state index contributed by atoms with van der Waals surface area (Å²) in [6.07, 6.45) is 0. The average Bonchev–Trinajstić information content (AvgIpc) is 2.76. The molecule has 0 bridgehead atoms. The van der Waals surface area contributed by atoms with Crippen LogP contribution < -0.4 is 4.74 Å². The predicted octanol–water partition coefficient (Wildman–Crippen LogP) is 2.90. The second-order valence-electron chi connectivity index (χ2n) is 3.34. The summed E-state index contributed by atoms with van der Waals surface area (Å²) >= 11 is 1.44. The van der Waals surface area contributed by atoms with E-state index >= 15 is 0 Å². The van der Waals surface area contributed by atoms with E-state index in [1.54, 1.807) is 5.38 Å². The smallest absolute Gasteiger partial charge is 0.151 e. The zero-order valence-electron chi connectivity index (χ0n) is 8.80. The molecule has 0 fully saturated rings. The van der Waals surface area contributed by atoms with Gasteiger partial charge in [-0.1, -0.05) is 17.7 Å². The number of hydrogen-bond donors (Lipinski definition) is 0. The van der Waals surface area contributed by atoms with Gasteiger partial charge in [0.05, 0.1) is 0 Å². The molecular formula is C12H10N2OS. The zero-order chi connectivity index (χ0) is 11.4. The molecule has 3 nitrogen and oxygen atoms in total. The van der Waals surface area contributed by atoms with Crippen LogP contribution >= 0.6 is 11.3 Å². The molecule has 0 aliphatic heterocycles. The van der Waals surface area contributed by atoms with E-state index < -0.39 is 0 Å². The van der Waals surface area contributed by atoms with Crippen LogP contribution in [0.1, 0.15) is 16.3 Å². The minimum atomic E-state index is 0.412. The van der Waals surface area contributed by atoms with E-state index in [2.05, 4.69) is 4.98 Å². The number of nitriles is 1. The fraction of sp³-hybridized carbons (Fsp3) is 0.167. The summed E-state index contributed by atoms with van der Waals surface area (Å²) in [5.74, 6) is 0.819. The normalized spacial score (nSPS) is 9.75. The largest absolute Gasteiger partial charge is 0.486 e. The Morgan fingerprint density at radius 2 is 2.12 bits per heavy atom. The van der Waals surface area contributed by atoms with Gasteiger partial charge in [0.25, 0.3) is 0 Å². The quantitative estimate of drug-likeness (QED) is 0.814. The minimum Gasteiger partial charge on any atom is -0.486 e. The SMILES string of the molecule is Cc1ccc(OCc2nc(C#N)cs2)cc1. The number of hydrogen-bond acceptors (Lipinski definition) is 4. The number of aryl methyl sites for hydroxylation is 1. The molecule has 1 aromatic carbocycles. The van der Waals surface area contributed by atoms with Crippen molar-refractivity contribution in [3.63, 3.8) is 0 Å². The first-order chi connectivity index (χ1) is 7.78. The van der Waals surface area contributed by atoms with Gasteiger partial charge in [-0.2, -0.15) is 5.26 Å². The Morgan fingerprint density at radius 1 is 1.38 bits per heavy atom. The van der Waals surface area contributed by atoms with Crippen LogP contribution in [0.3, 0.4) is 0 Å². The van der Waals surface area contributed by atoms with Crippen molar-refractivity contribution in [2.24, 2.45) is 0 Å². The second-order valence-corrected chi connectivity index (χ2v) is 4.28. The van der Waals surface area contributed by atoms with Crippen molar-refractivity contribution in [2.45, 2.75) is 13.5 Å². The van der Waals surface area contributed by atoms with E-state index in [9.17, 15) is 0 Å². The maximum absolute atomic E-state index is 8.62. The molecule has 1 aromatic heterocycles. The molecule has 4 heteroatoms. The number of aromatic nitrogens is 1. The van der Waals surface area contributed by atoms with Crippen LogP contribution in [0.25, 0.3) is 0 Å². The average molecular weight is 230 g/mol. The molecular weight excluding hydrogens is 220 g/mol. The van der Waals surface area contributed by atoms with Crippen molar-refractivity contribution in [3.05, 3.63) is 45.9 Å². The first-order valence-corrected chi connectivity index (χ1v) is 5.70. The van der Waals surface area contributed by atoms with Crippen molar-refractivity contribution >= 4 is 11.3 Å². The summed E-state index contributed by atoms with van der Waals surface area (Å²) in [5, 5.41) is 11.2. The fourth-order valence-corrected chi connectivity index (χ4v) is 1.84. The highest BCUT2D eigenvalue weighted by Gasteiger charge is 2.01. The monoisotopic (exact) mass is 230 g/mol. The van der Waals surface area contributed by atoms with Crippen LogP contribution in [-0.2, 0) is 6.61 Å². The standard InChI is InChI=1S/C12H10N2OS/c1-9-2-4-11(5-3-9)15-7-12-14-10(6-13)8-16-12/h2-5,8H,7H2,1H3. The molecule has 0 saturated carbocycles. The Labute approximate surface area is 97.9 Å². The summed E-state index contributed by atoms with van der Waals surface area (Å²) in [5.41, 5.74) is 1.65. The van der Waals surface area contributed by atoms with Gasteiger partial charge in [-0.15, -0.1) is 11.3 Å². The number of nitrogens with zero attached hydrogens (tertiary/aromatic N) is 2. The van der Waals surface area contributed by atoms with Gasteiger partial charge in [0.2, 0.25) is 0 Å². The molecule has 0 N–H and O–H groups in total. The number of rotatable bonds is 3. The number of ether oxygens (including phenoxy) is 1. The van der Waals surface area contributed by atoms with Gasteiger partial charge in [-0.3, -0.25) is 0 Å². The first-order valence-electron chi connectivity index (χ1n) is 4.82. The molecule has 2 rings (SSSR count). The Balaban J connectivity index is 1.97. The lowest BCUT2D eigenvalue weighted by atomic mass is 10.2. The second kappa shape index (κ2) is 4.77. The lowest BCUT2D eigenvalue weighted by Gasteiger charge is -2.03. The molecule has 0 aliphatic carbocycles. The minimum absolute atomic E-state index is 0.412. The van der Waals surface area contributed by atoms with Gasteiger partial charge in [0.15, 0.2) is 5.69 Å². The maximum Gasteiger partial charge on any atom is 0.151 e. The third-order valence-corrected chi connectivity index (χ3v) is 2.87. The van der Waals surface area contributed by atoms with Crippen molar-refractivity contribution in [3.8, 4) is 11.8 Å². The molecule has 0 spiro atoms. The van der Waals surface area contributed by atoms with E-state index in [-0.39, 0.29) is 0 Å². The van der Waals surface area contributed by atoms with Crippen molar-refractivity contribution in [2.75, 3.05) is 0 Å². The molecule has 0 unspecified atom stereocenters. The van der Waals surface area contributed by atoms with Gasteiger partial charge in [-0.25, -0.2) is 4.98 Å². The summed E-state index contributed by atoms with van der Waals surface area (Å²) < 4.78 is 5.54. The van der Waals surface area contributed by atoms with Gasteiger partial charge in [0, 0.05) is 5.38 Å². The van der Waals surface area contributed by atoms with Crippen molar-refractivity contribution in [1.29, 1.82) is 5.26 Å². The Bertz CT molecular complexity index is 511. The van der Waals surface area contributed by atoms with E-state index in [4.69, 9.17) is 10.00 Å². The zero-order valence-corrected chi connectivity index (χ0v) is 9.62. The van der Waals surface area contributed by atoms with Crippen LogP contribution in [0.15, 0.2) is 29.6 Å². The highest BCUT2D eigenvalue weighted by molar-refractivity contribution is 7.09. The third-order valence-electron chi connectivity index (χ3n) is 2.05. The molecule has 2 aromatic rings. The van der Waals surface area contributed by atoms with Crippen LogP contribution in [0.4, 0.5) is 0 Å². The van der Waals surface area contributed by atoms with E-state index in [0.717, 1.165) is 10.8 Å². The van der Waals surface area contributed by atoms with E-state index in [1.807, 2.05) is 37.3 Å². The van der Waals surface area contributed by atoms with Gasteiger partial charge in [-0.05, 0) is 19.1 Å². The fourth-order valence-electron chi connectivity index (χ4n) is 1.21. The van der Waals surface area contributed by atoms with Crippen molar-refractivity contribution < 1.29 is 4.74 Å². The molecule has 16 heavy (non-hydrogen) atoms. The van der Waals surface area contributed by atoms with E-state index in [0.29, 0.717) is 12.3 Å². The van der Waals surface area contributed by atoms with Crippen LogP contribution in [0, 0.1) is 18.3 Å². The number of benzene rings is 1. The van der Waals surface area contributed by atoms with Gasteiger partial charge >= 0.3 is 0 Å². The predicted molar refractivity (Wildman–Crippen MR) is 62.3 cm³/mol. The van der Waals surface area contributed by atoms with Gasteiger partial charge < -0.3 is 4.74 Å². The number of thiazole rings is 1. The van der Waals surface area contributed by atoms with Gasteiger partial charge in [0.1, 0.15) is 23.4 Å². The van der Waals surface area contributed by atoms with Crippen LogP contribution in [0.5, 0.6) is 5.75 Å². The molecule has 0 saturated heterocycles.